The van der Waals surface area contributed by atoms with Crippen molar-refractivity contribution in [1.29, 1.82) is 0 Å². The van der Waals surface area contributed by atoms with Gasteiger partial charge in [0.05, 0.1) is 25.2 Å². The van der Waals surface area contributed by atoms with Crippen molar-refractivity contribution in [1.82, 2.24) is 5.32 Å². The molecule has 0 fully saturated rings. The van der Waals surface area contributed by atoms with Crippen molar-refractivity contribution in [2.45, 2.75) is 296 Å². The van der Waals surface area contributed by atoms with Crippen LogP contribution >= 0.6 is 0 Å². The maximum atomic E-state index is 13.2. The van der Waals surface area contributed by atoms with Crippen LogP contribution in [0.15, 0.2) is 36.5 Å². The summed E-state index contributed by atoms with van der Waals surface area (Å²) in [7, 11) is 0. The summed E-state index contributed by atoms with van der Waals surface area (Å²) in [6.07, 6.45) is 57.7. The lowest BCUT2D eigenvalue weighted by Crippen LogP contribution is -2.46. The second-order valence-corrected chi connectivity index (χ2v) is 18.3. The molecule has 0 heterocycles. The van der Waals surface area contributed by atoms with Crippen molar-refractivity contribution < 1.29 is 24.5 Å². The molecule has 3 unspecified atom stereocenters. The highest BCUT2D eigenvalue weighted by molar-refractivity contribution is 5.77. The summed E-state index contributed by atoms with van der Waals surface area (Å²) in [6.45, 7) is 6.45. The molecule has 0 rings (SSSR count). The van der Waals surface area contributed by atoms with Crippen LogP contribution in [0.3, 0.4) is 0 Å². The first-order valence-corrected chi connectivity index (χ1v) is 26.7. The molecule has 6 heteroatoms. The van der Waals surface area contributed by atoms with E-state index in [9.17, 15) is 19.8 Å². The van der Waals surface area contributed by atoms with Crippen LogP contribution in [-0.2, 0) is 14.3 Å². The quantitative estimate of drug-likeness (QED) is 0.0322. The van der Waals surface area contributed by atoms with Gasteiger partial charge in [0.25, 0.3) is 0 Å². The average molecular weight is 858 g/mol. The van der Waals surface area contributed by atoms with Crippen LogP contribution in [0.2, 0.25) is 0 Å². The third kappa shape index (κ3) is 44.5. The maximum absolute atomic E-state index is 13.2. The summed E-state index contributed by atoms with van der Waals surface area (Å²) in [6, 6.07) is -0.703. The highest BCUT2D eigenvalue weighted by Crippen LogP contribution is 2.18. The Morgan fingerprint density at radius 2 is 0.836 bits per heavy atom. The van der Waals surface area contributed by atoms with Crippen LogP contribution in [-0.4, -0.2) is 46.9 Å². The molecule has 0 saturated carbocycles. The van der Waals surface area contributed by atoms with Crippen LogP contribution in [0.1, 0.15) is 278 Å². The van der Waals surface area contributed by atoms with Gasteiger partial charge in [-0.15, -0.1) is 0 Å². The maximum Gasteiger partial charge on any atom is 0.306 e. The molecule has 0 aromatic rings. The largest absolute Gasteiger partial charge is 0.462 e. The van der Waals surface area contributed by atoms with Crippen LogP contribution in [0.25, 0.3) is 0 Å². The first-order chi connectivity index (χ1) is 30.0. The Morgan fingerprint density at radius 1 is 0.475 bits per heavy atom. The fourth-order valence-corrected chi connectivity index (χ4v) is 8.10. The molecule has 0 aliphatic carbocycles. The Balaban J connectivity index is 4.58. The Morgan fingerprint density at radius 3 is 1.30 bits per heavy atom. The smallest absolute Gasteiger partial charge is 0.306 e. The molecule has 0 radical (unpaired) electrons. The topological polar surface area (TPSA) is 95.9 Å². The SMILES string of the molecule is CCCCC/C=C\C/C=C\CCCCCCCCCC(CC(=O)NC(CO)C(O)CCCCCCCCCCCCCCC)OC(=O)CCCCCCC/C=C\CCCCC. The normalized spacial score (nSPS) is 13.5. The van der Waals surface area contributed by atoms with Crippen LogP contribution in [0.5, 0.6) is 0 Å². The highest BCUT2D eigenvalue weighted by atomic mass is 16.5. The zero-order chi connectivity index (χ0) is 44.5. The van der Waals surface area contributed by atoms with Gasteiger partial charge in [-0.05, 0) is 83.5 Å². The first-order valence-electron chi connectivity index (χ1n) is 26.7. The minimum atomic E-state index is -0.789. The van der Waals surface area contributed by atoms with Crippen LogP contribution in [0, 0.1) is 0 Å². The van der Waals surface area contributed by atoms with E-state index >= 15 is 0 Å². The van der Waals surface area contributed by atoms with Gasteiger partial charge in [-0.3, -0.25) is 9.59 Å². The van der Waals surface area contributed by atoms with E-state index in [1.807, 2.05) is 0 Å². The summed E-state index contributed by atoms with van der Waals surface area (Å²) in [4.78, 5) is 26.2. The molecule has 1 amide bonds. The number of hydrogen-bond acceptors (Lipinski definition) is 5. The molecule has 3 N–H and O–H groups in total. The van der Waals surface area contributed by atoms with Gasteiger partial charge in [-0.1, -0.05) is 218 Å². The van der Waals surface area contributed by atoms with Gasteiger partial charge in [0.15, 0.2) is 0 Å². The van der Waals surface area contributed by atoms with E-state index in [1.54, 1.807) is 0 Å². The van der Waals surface area contributed by atoms with Crippen molar-refractivity contribution in [3.05, 3.63) is 36.5 Å². The summed E-state index contributed by atoms with van der Waals surface area (Å²) < 4.78 is 5.93. The summed E-state index contributed by atoms with van der Waals surface area (Å²) in [5.74, 6) is -0.483. The van der Waals surface area contributed by atoms with E-state index < -0.39 is 18.2 Å². The lowest BCUT2D eigenvalue weighted by molar-refractivity contribution is -0.151. The van der Waals surface area contributed by atoms with Gasteiger partial charge in [0, 0.05) is 6.42 Å². The van der Waals surface area contributed by atoms with Crippen molar-refractivity contribution >= 4 is 11.9 Å². The number of esters is 1. The number of nitrogens with one attached hydrogen (secondary N) is 1. The average Bonchev–Trinajstić information content (AvgIpc) is 3.25. The molecule has 0 aromatic heterocycles. The molecule has 358 valence electrons. The number of rotatable bonds is 48. The van der Waals surface area contributed by atoms with Gasteiger partial charge < -0.3 is 20.3 Å². The van der Waals surface area contributed by atoms with Crippen molar-refractivity contribution in [2.75, 3.05) is 6.61 Å². The van der Waals surface area contributed by atoms with E-state index in [0.29, 0.717) is 19.3 Å². The zero-order valence-corrected chi connectivity index (χ0v) is 40.8. The number of allylic oxidation sites excluding steroid dienone is 6. The van der Waals surface area contributed by atoms with E-state index in [2.05, 4.69) is 62.5 Å². The standard InChI is InChI=1S/C55H103NO5/c1-4-7-10-13-16-19-22-25-26-27-28-30-31-34-37-40-43-46-51(61-55(60)48-45-42-39-36-33-24-21-18-15-12-9-6-3)49-54(59)56-52(50-57)53(58)47-44-41-38-35-32-29-23-20-17-14-11-8-5-2/h16,18-19,21,25-26,51-53,57-58H,4-15,17,20,22-24,27-50H2,1-3H3,(H,56,59)/b19-16-,21-18-,26-25-. The Hall–Kier alpha value is -1.92. The summed E-state index contributed by atoms with van der Waals surface area (Å²) in [5, 5.41) is 23.8. The third-order valence-electron chi connectivity index (χ3n) is 12.2. The van der Waals surface area contributed by atoms with Gasteiger partial charge in [-0.2, -0.15) is 0 Å². The Labute approximate surface area is 379 Å². The number of carbonyl (C=O) groups excluding carboxylic acids is 2. The fourth-order valence-electron chi connectivity index (χ4n) is 8.10. The van der Waals surface area contributed by atoms with Crippen molar-refractivity contribution in [2.24, 2.45) is 0 Å². The molecule has 6 nitrogen and oxygen atoms in total. The number of amides is 1. The van der Waals surface area contributed by atoms with E-state index in [1.165, 1.54) is 161 Å². The zero-order valence-electron chi connectivity index (χ0n) is 40.8. The molecule has 3 atom stereocenters. The minimum Gasteiger partial charge on any atom is -0.462 e. The molecule has 0 aliphatic heterocycles. The second-order valence-electron chi connectivity index (χ2n) is 18.3. The number of aliphatic hydroxyl groups is 2. The van der Waals surface area contributed by atoms with Crippen molar-refractivity contribution in [3.8, 4) is 0 Å². The predicted molar refractivity (Wildman–Crippen MR) is 264 cm³/mol. The number of unbranched alkanes of at least 4 members (excludes halogenated alkanes) is 30. The molecule has 0 spiro atoms. The van der Waals surface area contributed by atoms with Gasteiger partial charge >= 0.3 is 5.97 Å². The van der Waals surface area contributed by atoms with Crippen LogP contribution in [0.4, 0.5) is 0 Å². The van der Waals surface area contributed by atoms with Gasteiger partial charge in [0.2, 0.25) is 5.91 Å². The molecule has 0 aliphatic rings. The Kier molecular flexibility index (Phi) is 47.6. The molecule has 61 heavy (non-hydrogen) atoms. The van der Waals surface area contributed by atoms with Gasteiger partial charge in [-0.25, -0.2) is 0 Å². The lowest BCUT2D eigenvalue weighted by atomic mass is 10.0. The summed E-state index contributed by atoms with van der Waals surface area (Å²) >= 11 is 0. The van der Waals surface area contributed by atoms with Crippen molar-refractivity contribution in [3.63, 3.8) is 0 Å². The van der Waals surface area contributed by atoms with E-state index in [4.69, 9.17) is 4.74 Å². The van der Waals surface area contributed by atoms with E-state index in [0.717, 1.165) is 70.6 Å². The number of ether oxygens (including phenoxy) is 1. The number of aliphatic hydroxyl groups excluding tert-OH is 2. The molecule has 0 bridgehead atoms. The molecule has 0 saturated heterocycles. The van der Waals surface area contributed by atoms with E-state index in [-0.39, 0.29) is 24.9 Å². The monoisotopic (exact) mass is 858 g/mol. The lowest BCUT2D eigenvalue weighted by Gasteiger charge is -2.24. The number of hydrogen-bond donors (Lipinski definition) is 3. The molecular formula is C55H103NO5. The fraction of sp³-hybridized carbons (Fsp3) is 0.855. The second kappa shape index (κ2) is 49.1. The van der Waals surface area contributed by atoms with Crippen LogP contribution < -0.4 is 5.32 Å². The first kappa shape index (κ1) is 59.1. The molecular weight excluding hydrogens is 755 g/mol. The minimum absolute atomic E-state index is 0.0713. The highest BCUT2D eigenvalue weighted by Gasteiger charge is 2.24. The number of carbonyl (C=O) groups is 2. The predicted octanol–water partition coefficient (Wildman–Crippen LogP) is 16.1. The molecule has 0 aromatic carbocycles. The third-order valence-corrected chi connectivity index (χ3v) is 12.2. The Bertz CT molecular complexity index is 1010. The summed E-state index contributed by atoms with van der Waals surface area (Å²) in [5.41, 5.74) is 0. The van der Waals surface area contributed by atoms with Gasteiger partial charge in [0.1, 0.15) is 6.10 Å².